The molecule has 0 radical (unpaired) electrons. The number of carbonyl (C=O) groups excluding carboxylic acids is 1. The van der Waals surface area contributed by atoms with Gasteiger partial charge in [-0.3, -0.25) is 4.79 Å². The molecule has 118 valence electrons. The first-order valence-corrected chi connectivity index (χ1v) is 7.54. The van der Waals surface area contributed by atoms with Gasteiger partial charge in [-0.2, -0.15) is 5.26 Å². The van der Waals surface area contributed by atoms with Gasteiger partial charge in [0, 0.05) is 0 Å². The summed E-state index contributed by atoms with van der Waals surface area (Å²) in [6, 6.07) is 16.6. The van der Waals surface area contributed by atoms with Gasteiger partial charge in [0.1, 0.15) is 5.75 Å². The molecule has 4 heteroatoms. The Bertz CT molecular complexity index is 717. The SMILES string of the molecule is Cc1ccccc1C(C)NC(=O)C(C)Oc1ccc(C#N)cc1. The number of nitrogens with zero attached hydrogens (tertiary/aromatic N) is 1. The third-order valence-corrected chi connectivity index (χ3v) is 3.68. The van der Waals surface area contributed by atoms with Gasteiger partial charge in [-0.25, -0.2) is 0 Å². The van der Waals surface area contributed by atoms with E-state index in [-0.39, 0.29) is 11.9 Å². The highest BCUT2D eigenvalue weighted by Crippen LogP contribution is 2.18. The molecule has 0 saturated carbocycles. The lowest BCUT2D eigenvalue weighted by Crippen LogP contribution is -2.37. The van der Waals surface area contributed by atoms with Crippen LogP contribution in [-0.4, -0.2) is 12.0 Å². The van der Waals surface area contributed by atoms with Gasteiger partial charge in [0.15, 0.2) is 6.10 Å². The van der Waals surface area contributed by atoms with Crippen molar-refractivity contribution in [1.29, 1.82) is 5.26 Å². The summed E-state index contributed by atoms with van der Waals surface area (Å²) < 4.78 is 5.62. The summed E-state index contributed by atoms with van der Waals surface area (Å²) >= 11 is 0. The second-order valence-electron chi connectivity index (χ2n) is 5.48. The highest BCUT2D eigenvalue weighted by atomic mass is 16.5. The molecule has 23 heavy (non-hydrogen) atoms. The summed E-state index contributed by atoms with van der Waals surface area (Å²) in [6.07, 6.45) is -0.616. The third-order valence-electron chi connectivity index (χ3n) is 3.68. The Labute approximate surface area is 136 Å². The molecule has 0 aliphatic heterocycles. The Balaban J connectivity index is 1.97. The second-order valence-corrected chi connectivity index (χ2v) is 5.48. The first-order chi connectivity index (χ1) is 11.0. The molecule has 0 aliphatic rings. The van der Waals surface area contributed by atoms with Crippen LogP contribution in [0, 0.1) is 18.3 Å². The zero-order valence-corrected chi connectivity index (χ0v) is 13.5. The number of ether oxygens (including phenoxy) is 1. The first kappa shape index (κ1) is 16.6. The van der Waals surface area contributed by atoms with Gasteiger partial charge >= 0.3 is 0 Å². The predicted molar refractivity (Wildman–Crippen MR) is 89.0 cm³/mol. The topological polar surface area (TPSA) is 62.1 Å². The van der Waals surface area contributed by atoms with E-state index in [2.05, 4.69) is 5.32 Å². The van der Waals surface area contributed by atoms with Gasteiger partial charge in [0.05, 0.1) is 17.7 Å². The molecule has 2 aromatic rings. The molecule has 4 nitrogen and oxygen atoms in total. The summed E-state index contributed by atoms with van der Waals surface area (Å²) in [5.74, 6) is 0.389. The van der Waals surface area contributed by atoms with E-state index < -0.39 is 6.10 Å². The van der Waals surface area contributed by atoms with Crippen LogP contribution in [-0.2, 0) is 4.79 Å². The van der Waals surface area contributed by atoms with Gasteiger partial charge < -0.3 is 10.1 Å². The monoisotopic (exact) mass is 308 g/mol. The molecule has 2 unspecified atom stereocenters. The van der Waals surface area contributed by atoms with Crippen molar-refractivity contribution in [1.82, 2.24) is 5.32 Å². The molecule has 1 N–H and O–H groups in total. The Morgan fingerprint density at radius 3 is 2.39 bits per heavy atom. The van der Waals surface area contributed by atoms with E-state index >= 15 is 0 Å². The fourth-order valence-electron chi connectivity index (χ4n) is 2.35. The molecule has 0 aromatic heterocycles. The number of amides is 1. The van der Waals surface area contributed by atoms with Crippen molar-refractivity contribution >= 4 is 5.91 Å². The highest BCUT2D eigenvalue weighted by Gasteiger charge is 2.18. The number of hydrogen-bond acceptors (Lipinski definition) is 3. The summed E-state index contributed by atoms with van der Waals surface area (Å²) in [4.78, 5) is 12.3. The van der Waals surface area contributed by atoms with Crippen LogP contribution in [0.1, 0.15) is 36.6 Å². The van der Waals surface area contributed by atoms with Crippen LogP contribution in [0.15, 0.2) is 48.5 Å². The maximum absolute atomic E-state index is 12.3. The molecule has 2 aromatic carbocycles. The van der Waals surface area contributed by atoms with Crippen LogP contribution >= 0.6 is 0 Å². The van der Waals surface area contributed by atoms with Crippen LogP contribution in [0.25, 0.3) is 0 Å². The van der Waals surface area contributed by atoms with Gasteiger partial charge in [-0.15, -0.1) is 0 Å². The number of nitriles is 1. The lowest BCUT2D eigenvalue weighted by molar-refractivity contribution is -0.127. The van der Waals surface area contributed by atoms with Crippen LogP contribution in [0.3, 0.4) is 0 Å². The molecule has 0 fully saturated rings. The van der Waals surface area contributed by atoms with Crippen molar-refractivity contribution in [3.05, 3.63) is 65.2 Å². The average Bonchev–Trinajstić information content (AvgIpc) is 2.55. The zero-order valence-electron chi connectivity index (χ0n) is 13.5. The fraction of sp³-hybridized carbons (Fsp3) is 0.263. The van der Waals surface area contributed by atoms with Gasteiger partial charge in [-0.05, 0) is 56.2 Å². The van der Waals surface area contributed by atoms with E-state index in [0.717, 1.165) is 11.1 Å². The number of rotatable bonds is 5. The highest BCUT2D eigenvalue weighted by molar-refractivity contribution is 5.81. The molecule has 2 rings (SSSR count). The smallest absolute Gasteiger partial charge is 0.261 e. The molecule has 0 spiro atoms. The molecule has 1 amide bonds. The summed E-state index contributed by atoms with van der Waals surface area (Å²) in [6.45, 7) is 5.68. The van der Waals surface area contributed by atoms with E-state index in [1.807, 2.05) is 44.2 Å². The van der Waals surface area contributed by atoms with Crippen molar-refractivity contribution in [2.24, 2.45) is 0 Å². The maximum Gasteiger partial charge on any atom is 0.261 e. The quantitative estimate of drug-likeness (QED) is 0.919. The van der Waals surface area contributed by atoms with Crippen molar-refractivity contribution in [3.8, 4) is 11.8 Å². The molecule has 0 aliphatic carbocycles. The average molecular weight is 308 g/mol. The Morgan fingerprint density at radius 1 is 1.13 bits per heavy atom. The van der Waals surface area contributed by atoms with Crippen molar-refractivity contribution < 1.29 is 9.53 Å². The molecule has 0 saturated heterocycles. The first-order valence-electron chi connectivity index (χ1n) is 7.54. The van der Waals surface area contributed by atoms with E-state index in [9.17, 15) is 4.79 Å². The van der Waals surface area contributed by atoms with Crippen molar-refractivity contribution in [2.75, 3.05) is 0 Å². The summed E-state index contributed by atoms with van der Waals surface area (Å²) in [7, 11) is 0. The van der Waals surface area contributed by atoms with E-state index in [4.69, 9.17) is 10.00 Å². The van der Waals surface area contributed by atoms with E-state index in [0.29, 0.717) is 11.3 Å². The van der Waals surface area contributed by atoms with E-state index in [1.165, 1.54) is 0 Å². The Morgan fingerprint density at radius 2 is 1.78 bits per heavy atom. The predicted octanol–water partition coefficient (Wildman–Crippen LogP) is 3.51. The molecule has 0 heterocycles. The minimum Gasteiger partial charge on any atom is -0.481 e. The molecule has 2 atom stereocenters. The molecule has 0 bridgehead atoms. The Hall–Kier alpha value is -2.80. The van der Waals surface area contributed by atoms with E-state index in [1.54, 1.807) is 31.2 Å². The normalized spacial score (nSPS) is 12.8. The molecular weight excluding hydrogens is 288 g/mol. The lowest BCUT2D eigenvalue weighted by atomic mass is 10.0. The van der Waals surface area contributed by atoms with Crippen LogP contribution in [0.4, 0.5) is 0 Å². The number of carbonyl (C=O) groups is 1. The van der Waals surface area contributed by atoms with Crippen molar-refractivity contribution in [3.63, 3.8) is 0 Å². The number of aryl methyl sites for hydroxylation is 1. The molecular formula is C19H20N2O2. The van der Waals surface area contributed by atoms with Crippen LogP contribution in [0.2, 0.25) is 0 Å². The number of hydrogen-bond donors (Lipinski definition) is 1. The summed E-state index contributed by atoms with van der Waals surface area (Å²) in [5.41, 5.74) is 2.79. The minimum atomic E-state index is -0.616. The van der Waals surface area contributed by atoms with Crippen molar-refractivity contribution in [2.45, 2.75) is 32.9 Å². The summed E-state index contributed by atoms with van der Waals surface area (Å²) in [5, 5.41) is 11.7. The van der Waals surface area contributed by atoms with Crippen LogP contribution in [0.5, 0.6) is 5.75 Å². The largest absolute Gasteiger partial charge is 0.481 e. The standard InChI is InChI=1S/C19H20N2O2/c1-13-6-4-5-7-18(13)14(2)21-19(22)15(3)23-17-10-8-16(12-20)9-11-17/h4-11,14-15H,1-3H3,(H,21,22). The second kappa shape index (κ2) is 7.46. The Kier molecular flexibility index (Phi) is 5.37. The van der Waals surface area contributed by atoms with Gasteiger partial charge in [-0.1, -0.05) is 24.3 Å². The fourth-order valence-corrected chi connectivity index (χ4v) is 2.35. The lowest BCUT2D eigenvalue weighted by Gasteiger charge is -2.20. The van der Waals surface area contributed by atoms with Gasteiger partial charge in [0.2, 0.25) is 0 Å². The zero-order chi connectivity index (χ0) is 16.8. The maximum atomic E-state index is 12.3. The number of benzene rings is 2. The third kappa shape index (κ3) is 4.33. The van der Waals surface area contributed by atoms with Crippen LogP contribution < -0.4 is 10.1 Å². The minimum absolute atomic E-state index is 0.0873. The van der Waals surface area contributed by atoms with Gasteiger partial charge in [0.25, 0.3) is 5.91 Å². The number of nitrogens with one attached hydrogen (secondary N) is 1.